The van der Waals surface area contributed by atoms with Crippen LogP contribution in [0.25, 0.3) is 11.1 Å². The molecule has 306 valence electrons. The number of carboxylic acids is 1. The fourth-order valence-corrected chi connectivity index (χ4v) is 8.42. The first-order chi connectivity index (χ1) is 29.1. The fraction of sp³-hybridized carbons (Fsp3) is 0.240. The van der Waals surface area contributed by atoms with Crippen LogP contribution in [0.1, 0.15) is 64.4 Å². The number of rotatable bonds is 13. The lowest BCUT2D eigenvalue weighted by molar-refractivity contribution is -0.143. The van der Waals surface area contributed by atoms with Crippen LogP contribution >= 0.6 is 23.2 Å². The van der Waals surface area contributed by atoms with Gasteiger partial charge < -0.3 is 24.6 Å². The van der Waals surface area contributed by atoms with E-state index in [0.29, 0.717) is 53.5 Å². The smallest absolute Gasteiger partial charge is 0.326 e. The molecule has 6 aromatic carbocycles. The third kappa shape index (κ3) is 9.32. The van der Waals surface area contributed by atoms with Crippen LogP contribution in [0.4, 0.5) is 0 Å². The highest BCUT2D eigenvalue weighted by molar-refractivity contribution is 6.42. The van der Waals surface area contributed by atoms with Crippen molar-refractivity contribution in [3.05, 3.63) is 182 Å². The van der Waals surface area contributed by atoms with Crippen LogP contribution in [0.2, 0.25) is 10.0 Å². The van der Waals surface area contributed by atoms with Gasteiger partial charge in [0.15, 0.2) is 17.6 Å². The topological polar surface area (TPSA) is 97.3 Å². The number of hydrogen-bond acceptors (Lipinski definition) is 6. The number of aliphatic carboxylic acids is 1. The minimum atomic E-state index is -1.11. The summed E-state index contributed by atoms with van der Waals surface area (Å²) in [5.41, 5.74) is 9.10. The summed E-state index contributed by atoms with van der Waals surface area (Å²) in [5.74, 6) is 0.564. The van der Waals surface area contributed by atoms with Gasteiger partial charge in [-0.1, -0.05) is 133 Å². The Morgan fingerprint density at radius 3 is 2.18 bits per heavy atom. The van der Waals surface area contributed by atoms with E-state index in [1.807, 2.05) is 84.9 Å². The predicted octanol–water partition coefficient (Wildman–Crippen LogP) is 10.8. The van der Waals surface area contributed by atoms with Crippen molar-refractivity contribution in [2.75, 3.05) is 6.61 Å². The second-order valence-electron chi connectivity index (χ2n) is 15.5. The third-order valence-electron chi connectivity index (χ3n) is 11.4. The molecule has 6 aromatic rings. The van der Waals surface area contributed by atoms with E-state index in [-0.39, 0.29) is 24.5 Å². The number of carboxylic acid groups (broad SMARTS) is 1. The molecular formula is C50H46Cl2N2O6. The number of amides is 1. The standard InChI is InChI=1S/C50H46Cl2N2O6/c1-3-44(36-7-5-4-6-8-36)54-28-39-27-47-46(59-30-48(60-47)37-18-20-40(21-19-37)58-29-33-13-22-41(51)42(52)23-33)26-38(39)25-45(54)49(55)53-43(50(56)57)24-32-11-16-35(17-12-32)34-14-9-31(2)10-15-34/h4-23,26-27,43-45,48H,3,24-25,28-30H2,1-2H3,(H,53,55)(H,56,57)/t43-,44-,45-,48+/m0/s1. The molecule has 0 fully saturated rings. The van der Waals surface area contributed by atoms with E-state index in [1.54, 1.807) is 12.1 Å². The Bertz CT molecular complexity index is 2460. The highest BCUT2D eigenvalue weighted by atomic mass is 35.5. The monoisotopic (exact) mass is 840 g/mol. The van der Waals surface area contributed by atoms with Crippen LogP contribution in [-0.4, -0.2) is 40.6 Å². The van der Waals surface area contributed by atoms with Crippen molar-refractivity contribution in [1.29, 1.82) is 0 Å². The zero-order valence-corrected chi connectivity index (χ0v) is 35.0. The van der Waals surface area contributed by atoms with Gasteiger partial charge in [-0.3, -0.25) is 9.69 Å². The molecule has 1 amide bonds. The lowest BCUT2D eigenvalue weighted by Crippen LogP contribution is -2.55. The lowest BCUT2D eigenvalue weighted by Gasteiger charge is -2.42. The van der Waals surface area contributed by atoms with E-state index in [9.17, 15) is 14.7 Å². The molecule has 2 N–H and O–H groups in total. The van der Waals surface area contributed by atoms with Crippen LogP contribution in [0.5, 0.6) is 17.2 Å². The Morgan fingerprint density at radius 1 is 0.817 bits per heavy atom. The van der Waals surface area contributed by atoms with Crippen molar-refractivity contribution in [3.8, 4) is 28.4 Å². The molecule has 8 rings (SSSR count). The van der Waals surface area contributed by atoms with Crippen molar-refractivity contribution in [1.82, 2.24) is 10.2 Å². The number of benzene rings is 6. The zero-order valence-electron chi connectivity index (χ0n) is 33.4. The van der Waals surface area contributed by atoms with Crippen molar-refractivity contribution >= 4 is 35.1 Å². The van der Waals surface area contributed by atoms with Gasteiger partial charge in [-0.15, -0.1) is 0 Å². The quantitative estimate of drug-likeness (QED) is 0.120. The lowest BCUT2D eigenvalue weighted by atomic mass is 9.89. The first-order valence-corrected chi connectivity index (χ1v) is 21.0. The van der Waals surface area contributed by atoms with Gasteiger partial charge in [0.25, 0.3) is 0 Å². The molecule has 0 aromatic heterocycles. The van der Waals surface area contributed by atoms with Crippen LogP contribution in [0, 0.1) is 6.92 Å². The normalized spacial score (nSPS) is 16.9. The number of ether oxygens (including phenoxy) is 3. The van der Waals surface area contributed by atoms with Crippen LogP contribution in [-0.2, 0) is 35.6 Å². The van der Waals surface area contributed by atoms with Crippen molar-refractivity contribution in [3.63, 3.8) is 0 Å². The van der Waals surface area contributed by atoms with Gasteiger partial charge in [-0.25, -0.2) is 4.79 Å². The van der Waals surface area contributed by atoms with E-state index < -0.39 is 18.1 Å². The molecule has 0 bridgehead atoms. The summed E-state index contributed by atoms with van der Waals surface area (Å²) >= 11 is 12.2. The highest BCUT2D eigenvalue weighted by Crippen LogP contribution is 2.42. The van der Waals surface area contributed by atoms with Gasteiger partial charge >= 0.3 is 5.97 Å². The van der Waals surface area contributed by atoms with Gasteiger partial charge in [0.2, 0.25) is 5.91 Å². The molecule has 8 nitrogen and oxygen atoms in total. The molecule has 10 heteroatoms. The summed E-state index contributed by atoms with van der Waals surface area (Å²) in [6, 6.07) is 41.7. The summed E-state index contributed by atoms with van der Waals surface area (Å²) in [4.78, 5) is 29.3. The van der Waals surface area contributed by atoms with Crippen molar-refractivity contribution < 1.29 is 28.9 Å². The number of carbonyl (C=O) groups excluding carboxylic acids is 1. The number of fused-ring (bicyclic) bond motifs is 2. The minimum Gasteiger partial charge on any atom is -0.489 e. The van der Waals surface area contributed by atoms with E-state index in [4.69, 9.17) is 37.4 Å². The summed E-state index contributed by atoms with van der Waals surface area (Å²) < 4.78 is 18.9. The number of carbonyl (C=O) groups is 2. The van der Waals surface area contributed by atoms with E-state index in [0.717, 1.165) is 50.9 Å². The van der Waals surface area contributed by atoms with Gasteiger partial charge in [0.1, 0.15) is 25.0 Å². The Kier molecular flexibility index (Phi) is 12.4. The van der Waals surface area contributed by atoms with Crippen molar-refractivity contribution in [2.45, 2.75) is 70.5 Å². The largest absolute Gasteiger partial charge is 0.489 e. The molecule has 0 aliphatic carbocycles. The number of nitrogens with one attached hydrogen (secondary N) is 1. The van der Waals surface area contributed by atoms with Gasteiger partial charge in [0, 0.05) is 19.0 Å². The summed E-state index contributed by atoms with van der Waals surface area (Å²) in [5, 5.41) is 14.3. The Labute approximate surface area is 360 Å². The molecule has 60 heavy (non-hydrogen) atoms. The first-order valence-electron chi connectivity index (χ1n) is 20.2. The Balaban J connectivity index is 0.990. The average molecular weight is 842 g/mol. The maximum Gasteiger partial charge on any atom is 0.326 e. The molecule has 0 spiro atoms. The number of hydrogen-bond donors (Lipinski definition) is 2. The molecule has 2 aliphatic heterocycles. The van der Waals surface area contributed by atoms with Gasteiger partial charge in [-0.05, 0) is 101 Å². The molecule has 2 heterocycles. The minimum absolute atomic E-state index is 0.0916. The second-order valence-corrected chi connectivity index (χ2v) is 16.3. The summed E-state index contributed by atoms with van der Waals surface area (Å²) in [7, 11) is 0. The van der Waals surface area contributed by atoms with E-state index in [1.165, 1.54) is 5.56 Å². The molecule has 2 aliphatic rings. The molecule has 0 saturated carbocycles. The molecule has 0 unspecified atom stereocenters. The molecular weight excluding hydrogens is 795 g/mol. The number of halogens is 2. The molecule has 0 saturated heterocycles. The van der Waals surface area contributed by atoms with Crippen LogP contribution in [0.15, 0.2) is 133 Å². The van der Waals surface area contributed by atoms with Gasteiger partial charge in [-0.2, -0.15) is 0 Å². The zero-order chi connectivity index (χ0) is 41.8. The maximum atomic E-state index is 14.4. The number of aryl methyl sites for hydroxylation is 1. The van der Waals surface area contributed by atoms with Gasteiger partial charge in [0.05, 0.1) is 16.1 Å². The maximum absolute atomic E-state index is 14.4. The van der Waals surface area contributed by atoms with Crippen LogP contribution < -0.4 is 19.5 Å². The Hall–Kier alpha value is -5.80. The highest BCUT2D eigenvalue weighted by Gasteiger charge is 2.38. The predicted molar refractivity (Wildman–Crippen MR) is 235 cm³/mol. The Morgan fingerprint density at radius 2 is 1.50 bits per heavy atom. The molecule has 4 atom stereocenters. The fourth-order valence-electron chi connectivity index (χ4n) is 8.10. The third-order valence-corrected chi connectivity index (χ3v) is 12.1. The first kappa shape index (κ1) is 41.0. The average Bonchev–Trinajstić information content (AvgIpc) is 3.26. The SMILES string of the molecule is CC[C@@H](c1ccccc1)N1Cc2cc3c(cc2C[C@H]1C(=O)N[C@@H](Cc1ccc(-c2ccc(C)cc2)cc1)C(=O)O)OC[C@H](c1ccc(OCc2ccc(Cl)c(Cl)c2)cc1)O3. The van der Waals surface area contributed by atoms with E-state index >= 15 is 0 Å². The molecule has 0 radical (unpaired) electrons. The second kappa shape index (κ2) is 18.2. The van der Waals surface area contributed by atoms with Crippen LogP contribution in [0.3, 0.4) is 0 Å². The summed E-state index contributed by atoms with van der Waals surface area (Å²) in [6.45, 7) is 5.29. The number of nitrogens with zero attached hydrogens (tertiary/aromatic N) is 1. The summed E-state index contributed by atoms with van der Waals surface area (Å²) in [6.07, 6.45) is 0.949. The van der Waals surface area contributed by atoms with E-state index in [2.05, 4.69) is 60.5 Å². The van der Waals surface area contributed by atoms with Crippen molar-refractivity contribution in [2.24, 2.45) is 0 Å².